The lowest BCUT2D eigenvalue weighted by molar-refractivity contribution is -0.122. The van der Waals surface area contributed by atoms with Crippen molar-refractivity contribution in [3.63, 3.8) is 0 Å². The summed E-state index contributed by atoms with van der Waals surface area (Å²) in [6, 6.07) is -0.105. The Hall–Kier alpha value is -0.610. The molecule has 0 aliphatic heterocycles. The zero-order valence-corrected chi connectivity index (χ0v) is 10.3. The lowest BCUT2D eigenvalue weighted by Gasteiger charge is -2.20. The van der Waals surface area contributed by atoms with Crippen molar-refractivity contribution >= 4 is 5.91 Å². The van der Waals surface area contributed by atoms with Gasteiger partial charge in [0, 0.05) is 18.5 Å². The third kappa shape index (κ3) is 8.39. The molecule has 0 spiro atoms. The van der Waals surface area contributed by atoms with E-state index in [0.29, 0.717) is 13.0 Å². The van der Waals surface area contributed by atoms with Crippen molar-refractivity contribution in [3.05, 3.63) is 0 Å². The van der Waals surface area contributed by atoms with Gasteiger partial charge in [0.2, 0.25) is 5.91 Å². The Morgan fingerprint density at radius 3 is 2.40 bits per heavy atom. The molecule has 0 aromatic rings. The Kier molecular flexibility index (Phi) is 6.52. The minimum absolute atomic E-state index is 0.00681. The quantitative estimate of drug-likeness (QED) is 0.611. The average Bonchev–Trinajstić information content (AvgIpc) is 2.12. The highest BCUT2D eigenvalue weighted by Gasteiger charge is 2.11. The fraction of sp³-hybridized carbons (Fsp3) is 0.909. The molecule has 1 amide bonds. The zero-order valence-electron chi connectivity index (χ0n) is 10.3. The molecule has 0 aromatic heterocycles. The molecular weight excluding hydrogens is 192 g/mol. The second-order valence-electron chi connectivity index (χ2n) is 4.78. The van der Waals surface area contributed by atoms with Gasteiger partial charge in [0.1, 0.15) is 0 Å². The summed E-state index contributed by atoms with van der Waals surface area (Å²) < 4.78 is 0. The summed E-state index contributed by atoms with van der Waals surface area (Å²) in [5.41, 5.74) is 0.0431. The van der Waals surface area contributed by atoms with Crippen LogP contribution in [0.4, 0.5) is 0 Å². The van der Waals surface area contributed by atoms with E-state index in [1.807, 2.05) is 6.92 Å². The van der Waals surface area contributed by atoms with Crippen LogP contribution in [-0.4, -0.2) is 35.7 Å². The van der Waals surface area contributed by atoms with Crippen LogP contribution in [0.25, 0.3) is 0 Å². The Morgan fingerprint density at radius 2 is 2.00 bits per heavy atom. The van der Waals surface area contributed by atoms with E-state index in [1.165, 1.54) is 0 Å². The van der Waals surface area contributed by atoms with Crippen LogP contribution >= 0.6 is 0 Å². The molecule has 4 heteroatoms. The molecular formula is C11H24N2O2. The molecule has 0 saturated carbocycles. The summed E-state index contributed by atoms with van der Waals surface area (Å²) in [7, 11) is 0. The maximum Gasteiger partial charge on any atom is 0.221 e. The fourth-order valence-corrected chi connectivity index (χ4v) is 1.13. The number of aliphatic hydroxyl groups excluding tert-OH is 1. The van der Waals surface area contributed by atoms with Crippen LogP contribution in [0.2, 0.25) is 0 Å². The number of aliphatic hydroxyl groups is 1. The van der Waals surface area contributed by atoms with E-state index in [4.69, 9.17) is 5.11 Å². The number of nitrogens with one attached hydrogen (secondary N) is 2. The Balaban J connectivity index is 3.66. The highest BCUT2D eigenvalue weighted by molar-refractivity contribution is 5.76. The number of carbonyl (C=O) groups is 1. The highest BCUT2D eigenvalue weighted by atomic mass is 16.3. The van der Waals surface area contributed by atoms with Crippen molar-refractivity contribution in [2.24, 2.45) is 0 Å². The maximum absolute atomic E-state index is 11.4. The predicted molar refractivity (Wildman–Crippen MR) is 61.7 cm³/mol. The van der Waals surface area contributed by atoms with E-state index >= 15 is 0 Å². The summed E-state index contributed by atoms with van der Waals surface area (Å²) in [6.07, 6.45) is 1.21. The van der Waals surface area contributed by atoms with Gasteiger partial charge in [-0.2, -0.15) is 0 Å². The number of hydrogen-bond donors (Lipinski definition) is 3. The topological polar surface area (TPSA) is 61.4 Å². The van der Waals surface area contributed by atoms with Crippen molar-refractivity contribution in [1.82, 2.24) is 10.6 Å². The lowest BCUT2D eigenvalue weighted by Crippen LogP contribution is -2.41. The third-order valence-electron chi connectivity index (χ3n) is 2.09. The second-order valence-corrected chi connectivity index (χ2v) is 4.78. The first-order valence-electron chi connectivity index (χ1n) is 5.54. The zero-order chi connectivity index (χ0) is 11.9. The van der Waals surface area contributed by atoms with Crippen molar-refractivity contribution < 1.29 is 9.90 Å². The largest absolute Gasteiger partial charge is 0.394 e. The smallest absolute Gasteiger partial charge is 0.221 e. The van der Waals surface area contributed by atoms with Gasteiger partial charge in [-0.05, 0) is 27.2 Å². The van der Waals surface area contributed by atoms with Gasteiger partial charge in [0.25, 0.3) is 0 Å². The lowest BCUT2D eigenvalue weighted by atomic mass is 10.1. The maximum atomic E-state index is 11.4. The molecule has 3 N–H and O–H groups in total. The molecule has 15 heavy (non-hydrogen) atoms. The summed E-state index contributed by atoms with van der Waals surface area (Å²) in [4.78, 5) is 11.4. The van der Waals surface area contributed by atoms with Crippen molar-refractivity contribution in [2.45, 2.75) is 52.1 Å². The number of amides is 1. The van der Waals surface area contributed by atoms with Crippen molar-refractivity contribution in [2.75, 3.05) is 13.2 Å². The summed E-state index contributed by atoms with van der Waals surface area (Å²) in [5.74, 6) is -0.00681. The minimum atomic E-state index is -0.105. The monoisotopic (exact) mass is 216 g/mol. The van der Waals surface area contributed by atoms with E-state index in [2.05, 4.69) is 31.4 Å². The number of rotatable bonds is 6. The van der Waals surface area contributed by atoms with Crippen molar-refractivity contribution in [1.29, 1.82) is 0 Å². The van der Waals surface area contributed by atoms with E-state index in [-0.39, 0.29) is 24.1 Å². The molecule has 90 valence electrons. The van der Waals surface area contributed by atoms with Gasteiger partial charge in [-0.25, -0.2) is 0 Å². The van der Waals surface area contributed by atoms with Gasteiger partial charge in [-0.15, -0.1) is 0 Å². The Labute approximate surface area is 92.4 Å². The molecule has 0 aliphatic rings. The van der Waals surface area contributed by atoms with Crippen LogP contribution in [0.1, 0.15) is 40.5 Å². The first-order valence-corrected chi connectivity index (χ1v) is 5.54. The Morgan fingerprint density at radius 1 is 1.40 bits per heavy atom. The molecule has 0 aromatic carbocycles. The fourth-order valence-electron chi connectivity index (χ4n) is 1.13. The molecule has 0 bridgehead atoms. The highest BCUT2D eigenvalue weighted by Crippen LogP contribution is 1.98. The molecule has 0 saturated heterocycles. The number of hydrogen-bond acceptors (Lipinski definition) is 3. The first kappa shape index (κ1) is 14.4. The molecule has 0 aliphatic carbocycles. The van der Waals surface area contributed by atoms with Crippen LogP contribution in [0, 0.1) is 0 Å². The van der Waals surface area contributed by atoms with E-state index in [1.54, 1.807) is 0 Å². The normalized spacial score (nSPS) is 13.7. The standard InChI is InChI=1S/C11H24N2O2/c1-5-9(8-14)13-10(15)6-7-12-11(2,3)4/h9,12,14H,5-8H2,1-4H3,(H,13,15). The van der Waals surface area contributed by atoms with Crippen LogP contribution < -0.4 is 10.6 Å². The molecule has 4 nitrogen and oxygen atoms in total. The molecule has 0 heterocycles. The molecule has 0 rings (SSSR count). The third-order valence-corrected chi connectivity index (χ3v) is 2.09. The van der Waals surface area contributed by atoms with Gasteiger partial charge in [0.15, 0.2) is 0 Å². The summed E-state index contributed by atoms with van der Waals surface area (Å²) in [5, 5.41) is 14.9. The van der Waals surface area contributed by atoms with E-state index in [9.17, 15) is 4.79 Å². The van der Waals surface area contributed by atoms with Crippen LogP contribution in [-0.2, 0) is 4.79 Å². The molecule has 0 fully saturated rings. The average molecular weight is 216 g/mol. The van der Waals surface area contributed by atoms with E-state index < -0.39 is 0 Å². The van der Waals surface area contributed by atoms with Crippen LogP contribution in [0.3, 0.4) is 0 Å². The van der Waals surface area contributed by atoms with Gasteiger partial charge < -0.3 is 15.7 Å². The predicted octanol–water partition coefficient (Wildman–Crippen LogP) is 0.652. The van der Waals surface area contributed by atoms with E-state index in [0.717, 1.165) is 6.42 Å². The van der Waals surface area contributed by atoms with Gasteiger partial charge in [0.05, 0.1) is 12.6 Å². The second kappa shape index (κ2) is 6.80. The van der Waals surface area contributed by atoms with Crippen LogP contribution in [0.5, 0.6) is 0 Å². The van der Waals surface area contributed by atoms with Crippen LogP contribution in [0.15, 0.2) is 0 Å². The number of carbonyl (C=O) groups excluding carboxylic acids is 1. The summed E-state index contributed by atoms with van der Waals surface area (Å²) in [6.45, 7) is 8.80. The first-order chi connectivity index (χ1) is 6.89. The molecule has 0 radical (unpaired) electrons. The van der Waals surface area contributed by atoms with Gasteiger partial charge in [-0.1, -0.05) is 6.92 Å². The summed E-state index contributed by atoms with van der Waals surface area (Å²) >= 11 is 0. The Bertz CT molecular complexity index is 184. The SMILES string of the molecule is CCC(CO)NC(=O)CCNC(C)(C)C. The van der Waals surface area contributed by atoms with Gasteiger partial charge in [-0.3, -0.25) is 4.79 Å². The molecule has 1 atom stereocenters. The minimum Gasteiger partial charge on any atom is -0.394 e. The van der Waals surface area contributed by atoms with Crippen molar-refractivity contribution in [3.8, 4) is 0 Å². The molecule has 1 unspecified atom stereocenters. The van der Waals surface area contributed by atoms with Gasteiger partial charge >= 0.3 is 0 Å².